The molecule has 1 aliphatic carbocycles. The number of ether oxygens (including phenoxy) is 1. The number of nitrogens with one attached hydrogen (secondary N) is 2. The van der Waals surface area contributed by atoms with E-state index in [0.29, 0.717) is 17.4 Å². The molecular formula is C24H27N3O2S. The van der Waals surface area contributed by atoms with Crippen molar-refractivity contribution in [3.8, 4) is 0 Å². The molecule has 0 aliphatic heterocycles. The van der Waals surface area contributed by atoms with E-state index < -0.39 is 0 Å². The summed E-state index contributed by atoms with van der Waals surface area (Å²) in [4.78, 5) is 17.2. The smallest absolute Gasteiger partial charge is 0.271 e. The van der Waals surface area contributed by atoms with E-state index in [2.05, 4.69) is 59.8 Å². The van der Waals surface area contributed by atoms with Crippen molar-refractivity contribution in [3.63, 3.8) is 0 Å². The molecular weight excluding hydrogens is 394 g/mol. The Morgan fingerprint density at radius 2 is 1.90 bits per heavy atom. The SMILES string of the molecule is Cc1cc(C)cc(Nc2nc(C(=O)N[C@@H]3CCC[C@H]3OCc3ccccc3)cs2)c1. The first-order valence-corrected chi connectivity index (χ1v) is 11.2. The zero-order chi connectivity index (χ0) is 20.9. The maximum Gasteiger partial charge on any atom is 0.271 e. The van der Waals surface area contributed by atoms with Gasteiger partial charge in [0.05, 0.1) is 18.8 Å². The molecule has 0 unspecified atom stereocenters. The van der Waals surface area contributed by atoms with E-state index in [9.17, 15) is 4.79 Å². The van der Waals surface area contributed by atoms with Crippen LogP contribution in [0.2, 0.25) is 0 Å². The van der Waals surface area contributed by atoms with Crippen molar-refractivity contribution in [2.24, 2.45) is 0 Å². The number of benzene rings is 2. The van der Waals surface area contributed by atoms with Crippen LogP contribution >= 0.6 is 11.3 Å². The predicted molar refractivity (Wildman–Crippen MR) is 121 cm³/mol. The molecule has 0 spiro atoms. The standard InChI is InChI=1S/C24H27N3O2S/c1-16-11-17(2)13-19(12-16)25-24-27-21(15-30-24)23(28)26-20-9-6-10-22(20)29-14-18-7-4-3-5-8-18/h3-5,7-8,11-13,15,20,22H,6,9-10,14H2,1-2H3,(H,25,27)(H,26,28)/t20-,22-/m1/s1. The number of anilines is 2. The lowest BCUT2D eigenvalue weighted by Crippen LogP contribution is -2.41. The minimum Gasteiger partial charge on any atom is -0.371 e. The highest BCUT2D eigenvalue weighted by atomic mass is 32.1. The highest BCUT2D eigenvalue weighted by Crippen LogP contribution is 2.25. The van der Waals surface area contributed by atoms with Crippen LogP contribution in [-0.4, -0.2) is 23.0 Å². The van der Waals surface area contributed by atoms with Gasteiger partial charge < -0.3 is 15.4 Å². The van der Waals surface area contributed by atoms with Crippen LogP contribution in [0.1, 0.15) is 46.4 Å². The van der Waals surface area contributed by atoms with E-state index in [0.717, 1.165) is 30.5 Å². The van der Waals surface area contributed by atoms with Crippen LogP contribution < -0.4 is 10.6 Å². The van der Waals surface area contributed by atoms with Crippen LogP contribution in [-0.2, 0) is 11.3 Å². The maximum atomic E-state index is 12.7. The first kappa shape index (κ1) is 20.6. The molecule has 156 valence electrons. The average molecular weight is 422 g/mol. The van der Waals surface area contributed by atoms with Gasteiger partial charge in [0.15, 0.2) is 5.13 Å². The molecule has 1 amide bonds. The van der Waals surface area contributed by atoms with E-state index in [1.54, 1.807) is 5.38 Å². The van der Waals surface area contributed by atoms with E-state index >= 15 is 0 Å². The lowest BCUT2D eigenvalue weighted by atomic mass is 10.1. The fourth-order valence-corrected chi connectivity index (χ4v) is 4.63. The number of aryl methyl sites for hydroxylation is 2. The Balaban J connectivity index is 1.34. The quantitative estimate of drug-likeness (QED) is 0.538. The molecule has 6 heteroatoms. The van der Waals surface area contributed by atoms with E-state index in [4.69, 9.17) is 4.74 Å². The number of rotatable bonds is 7. The number of hydrogen-bond acceptors (Lipinski definition) is 5. The molecule has 0 bridgehead atoms. The molecule has 1 heterocycles. The monoisotopic (exact) mass is 421 g/mol. The van der Waals surface area contributed by atoms with Crippen molar-refractivity contribution in [1.82, 2.24) is 10.3 Å². The molecule has 1 saturated carbocycles. The van der Waals surface area contributed by atoms with E-state index in [-0.39, 0.29) is 18.1 Å². The van der Waals surface area contributed by atoms with Crippen LogP contribution in [0.4, 0.5) is 10.8 Å². The van der Waals surface area contributed by atoms with Gasteiger partial charge in [0, 0.05) is 11.1 Å². The maximum absolute atomic E-state index is 12.7. The summed E-state index contributed by atoms with van der Waals surface area (Å²) >= 11 is 1.44. The Hall–Kier alpha value is -2.70. The van der Waals surface area contributed by atoms with E-state index in [1.165, 1.54) is 22.5 Å². The predicted octanol–water partition coefficient (Wildman–Crippen LogP) is 5.37. The number of amides is 1. The molecule has 2 N–H and O–H groups in total. The minimum absolute atomic E-state index is 0.0266. The fourth-order valence-electron chi connectivity index (χ4n) is 3.92. The number of aromatic nitrogens is 1. The van der Waals surface area contributed by atoms with E-state index in [1.807, 2.05) is 18.2 Å². The number of thiazole rings is 1. The summed E-state index contributed by atoms with van der Waals surface area (Å²) in [6.45, 7) is 4.70. The second kappa shape index (κ2) is 9.41. The van der Waals surface area contributed by atoms with Crippen molar-refractivity contribution in [3.05, 3.63) is 76.3 Å². The molecule has 2 aromatic carbocycles. The van der Waals surface area contributed by atoms with Crippen molar-refractivity contribution < 1.29 is 9.53 Å². The van der Waals surface area contributed by atoms with Crippen molar-refractivity contribution >= 4 is 28.1 Å². The Morgan fingerprint density at radius 3 is 2.67 bits per heavy atom. The van der Waals surface area contributed by atoms with Gasteiger partial charge in [0.2, 0.25) is 0 Å². The Kier molecular flexibility index (Phi) is 6.45. The van der Waals surface area contributed by atoms with Gasteiger partial charge in [-0.15, -0.1) is 11.3 Å². The summed E-state index contributed by atoms with van der Waals surface area (Å²) < 4.78 is 6.10. The highest BCUT2D eigenvalue weighted by Gasteiger charge is 2.30. The second-order valence-electron chi connectivity index (χ2n) is 7.89. The van der Waals surface area contributed by atoms with Gasteiger partial charge in [-0.05, 0) is 61.9 Å². The van der Waals surface area contributed by atoms with Crippen LogP contribution in [0.15, 0.2) is 53.9 Å². The van der Waals surface area contributed by atoms with Gasteiger partial charge in [-0.2, -0.15) is 0 Å². The third kappa shape index (κ3) is 5.26. The first-order chi connectivity index (χ1) is 14.6. The summed E-state index contributed by atoms with van der Waals surface area (Å²) in [5.41, 5.74) is 4.96. The van der Waals surface area contributed by atoms with Gasteiger partial charge in [-0.3, -0.25) is 4.79 Å². The first-order valence-electron chi connectivity index (χ1n) is 10.3. The molecule has 30 heavy (non-hydrogen) atoms. The number of carbonyl (C=O) groups excluding carboxylic acids is 1. The van der Waals surface area contributed by atoms with Crippen molar-refractivity contribution in [2.75, 3.05) is 5.32 Å². The van der Waals surface area contributed by atoms with Gasteiger partial charge in [-0.1, -0.05) is 36.4 Å². The molecule has 0 saturated heterocycles. The van der Waals surface area contributed by atoms with Gasteiger partial charge >= 0.3 is 0 Å². The Morgan fingerprint density at radius 1 is 1.13 bits per heavy atom. The summed E-state index contributed by atoms with van der Waals surface area (Å²) in [5, 5.41) is 8.95. The van der Waals surface area contributed by atoms with Crippen LogP contribution in [0.5, 0.6) is 0 Å². The minimum atomic E-state index is -0.139. The fraction of sp³-hybridized carbons (Fsp3) is 0.333. The van der Waals surface area contributed by atoms with Gasteiger partial charge in [-0.25, -0.2) is 4.98 Å². The number of hydrogen-bond donors (Lipinski definition) is 2. The summed E-state index contributed by atoms with van der Waals surface area (Å²) in [7, 11) is 0. The molecule has 3 aromatic rings. The number of nitrogens with zero attached hydrogens (tertiary/aromatic N) is 1. The second-order valence-corrected chi connectivity index (χ2v) is 8.74. The van der Waals surface area contributed by atoms with Crippen LogP contribution in [0, 0.1) is 13.8 Å². The lowest BCUT2D eigenvalue weighted by molar-refractivity contribution is 0.0271. The molecule has 0 radical (unpaired) electrons. The molecule has 1 fully saturated rings. The molecule has 4 rings (SSSR count). The van der Waals surface area contributed by atoms with Crippen molar-refractivity contribution in [1.29, 1.82) is 0 Å². The largest absolute Gasteiger partial charge is 0.371 e. The molecule has 5 nitrogen and oxygen atoms in total. The molecule has 1 aliphatic rings. The summed E-state index contributed by atoms with van der Waals surface area (Å²) in [6, 6.07) is 16.4. The lowest BCUT2D eigenvalue weighted by Gasteiger charge is -2.21. The normalized spacial score (nSPS) is 18.3. The summed E-state index contributed by atoms with van der Waals surface area (Å²) in [6.07, 6.45) is 3.00. The third-order valence-electron chi connectivity index (χ3n) is 5.29. The topological polar surface area (TPSA) is 63.2 Å². The third-order valence-corrected chi connectivity index (χ3v) is 6.04. The van der Waals surface area contributed by atoms with Crippen molar-refractivity contribution in [2.45, 2.75) is 51.9 Å². The average Bonchev–Trinajstić information content (AvgIpc) is 3.36. The molecule has 1 aromatic heterocycles. The van der Waals surface area contributed by atoms with Crippen LogP contribution in [0.3, 0.4) is 0 Å². The van der Waals surface area contributed by atoms with Gasteiger partial charge in [0.1, 0.15) is 5.69 Å². The zero-order valence-electron chi connectivity index (χ0n) is 17.4. The number of carbonyl (C=O) groups is 1. The Bertz CT molecular complexity index is 982. The van der Waals surface area contributed by atoms with Gasteiger partial charge in [0.25, 0.3) is 5.91 Å². The Labute approximate surface area is 181 Å². The zero-order valence-corrected chi connectivity index (χ0v) is 18.2. The summed E-state index contributed by atoms with van der Waals surface area (Å²) in [5.74, 6) is -0.139. The molecule has 2 atom stereocenters. The van der Waals surface area contributed by atoms with Crippen LogP contribution in [0.25, 0.3) is 0 Å². The highest BCUT2D eigenvalue weighted by molar-refractivity contribution is 7.14.